The molecular weight excluding hydrogens is 216 g/mol. The number of allylic oxidation sites excluding steroid dienone is 1. The monoisotopic (exact) mass is 232 g/mol. The molecule has 0 radical (unpaired) electrons. The molecule has 0 aromatic carbocycles. The van der Waals surface area contributed by atoms with E-state index in [1.807, 2.05) is 0 Å². The smallest absolute Gasteiger partial charge is 0.158 e. The third-order valence-corrected chi connectivity index (χ3v) is 2.71. The molecule has 70 valence electrons. The van der Waals surface area contributed by atoms with E-state index < -0.39 is 0 Å². The zero-order chi connectivity index (χ0) is 8.81. The Bertz CT molecular complexity index is 148. The second-order valence-electron chi connectivity index (χ2n) is 3.29. The largest absolute Gasteiger partial charge is 0.484 e. The molecule has 0 aromatic rings. The van der Waals surface area contributed by atoms with E-state index in [2.05, 4.69) is 28.9 Å². The summed E-state index contributed by atoms with van der Waals surface area (Å²) in [6.07, 6.45) is 10.1. The van der Waals surface area contributed by atoms with E-state index in [-0.39, 0.29) is 0 Å². The average molecular weight is 233 g/mol. The van der Waals surface area contributed by atoms with Crippen molar-refractivity contribution in [1.29, 1.82) is 0 Å². The van der Waals surface area contributed by atoms with Crippen molar-refractivity contribution >= 4 is 15.9 Å². The maximum Gasteiger partial charge on any atom is 0.158 e. The van der Waals surface area contributed by atoms with Crippen molar-refractivity contribution in [3.05, 3.63) is 10.7 Å². The van der Waals surface area contributed by atoms with Crippen LogP contribution in [-0.2, 0) is 4.74 Å². The molecule has 2 heteroatoms. The van der Waals surface area contributed by atoms with E-state index in [1.54, 1.807) is 0 Å². The fourth-order valence-electron chi connectivity index (χ4n) is 1.55. The summed E-state index contributed by atoms with van der Waals surface area (Å²) in [6, 6.07) is 0. The molecule has 1 rings (SSSR count). The molecule has 1 aliphatic carbocycles. The molecule has 1 saturated carbocycles. The van der Waals surface area contributed by atoms with E-state index in [4.69, 9.17) is 4.74 Å². The molecule has 0 spiro atoms. The Morgan fingerprint density at radius 2 is 2.08 bits per heavy atom. The van der Waals surface area contributed by atoms with Gasteiger partial charge in [-0.15, -0.1) is 0 Å². The van der Waals surface area contributed by atoms with Crippen molar-refractivity contribution < 1.29 is 4.74 Å². The Hall–Kier alpha value is 0.0200. The number of rotatable bonds is 3. The van der Waals surface area contributed by atoms with Gasteiger partial charge in [-0.3, -0.25) is 0 Å². The van der Waals surface area contributed by atoms with Gasteiger partial charge in [-0.1, -0.05) is 13.3 Å². The summed E-state index contributed by atoms with van der Waals surface area (Å²) in [4.78, 5) is 0. The Morgan fingerprint density at radius 3 is 2.67 bits per heavy atom. The fourth-order valence-corrected chi connectivity index (χ4v) is 2.14. The van der Waals surface area contributed by atoms with Crippen molar-refractivity contribution in [1.82, 2.24) is 0 Å². The van der Waals surface area contributed by atoms with Gasteiger partial charge in [0.2, 0.25) is 0 Å². The van der Waals surface area contributed by atoms with Gasteiger partial charge in [0.25, 0.3) is 0 Å². The first kappa shape index (κ1) is 10.1. The van der Waals surface area contributed by atoms with Crippen LogP contribution in [-0.4, -0.2) is 6.10 Å². The van der Waals surface area contributed by atoms with Crippen LogP contribution < -0.4 is 0 Å². The zero-order valence-electron chi connectivity index (χ0n) is 7.68. The third kappa shape index (κ3) is 3.61. The minimum atomic E-state index is 0.468. The maximum atomic E-state index is 5.71. The Kier molecular flexibility index (Phi) is 4.74. The molecule has 0 saturated heterocycles. The van der Waals surface area contributed by atoms with Gasteiger partial charge in [-0.05, 0) is 54.1 Å². The molecule has 1 aliphatic rings. The molecule has 1 fully saturated rings. The lowest BCUT2D eigenvalue weighted by Gasteiger charge is -2.22. The summed E-state index contributed by atoms with van der Waals surface area (Å²) in [5, 5.41) is 0. The van der Waals surface area contributed by atoms with Gasteiger partial charge in [0, 0.05) is 0 Å². The van der Waals surface area contributed by atoms with E-state index >= 15 is 0 Å². The summed E-state index contributed by atoms with van der Waals surface area (Å²) in [5.41, 5.74) is 0. The predicted molar refractivity (Wildman–Crippen MR) is 55.3 cm³/mol. The number of ether oxygens (including phenoxy) is 1. The van der Waals surface area contributed by atoms with Crippen LogP contribution in [0.1, 0.15) is 45.4 Å². The van der Waals surface area contributed by atoms with Crippen molar-refractivity contribution in [2.24, 2.45) is 0 Å². The SMILES string of the molecule is CC/C=C(/Br)OC1CCCCC1. The average Bonchev–Trinajstić information content (AvgIpc) is 2.06. The molecule has 0 heterocycles. The molecule has 12 heavy (non-hydrogen) atoms. The first-order valence-corrected chi connectivity index (χ1v) is 5.64. The highest BCUT2D eigenvalue weighted by Crippen LogP contribution is 2.24. The standard InChI is InChI=1S/C10H17BrO/c1-2-6-10(11)12-9-7-4-3-5-8-9/h6,9H,2-5,7-8H2,1H3/b10-6-. The Morgan fingerprint density at radius 1 is 1.42 bits per heavy atom. The van der Waals surface area contributed by atoms with Crippen molar-refractivity contribution in [2.75, 3.05) is 0 Å². The van der Waals surface area contributed by atoms with E-state index in [0.717, 1.165) is 11.1 Å². The van der Waals surface area contributed by atoms with Crippen LogP contribution in [0, 0.1) is 0 Å². The quantitative estimate of drug-likeness (QED) is 0.670. The molecule has 0 amide bonds. The first-order chi connectivity index (χ1) is 5.83. The van der Waals surface area contributed by atoms with Gasteiger partial charge in [-0.2, -0.15) is 0 Å². The fraction of sp³-hybridized carbons (Fsp3) is 0.800. The Labute approximate surface area is 83.3 Å². The molecular formula is C10H17BrO. The van der Waals surface area contributed by atoms with Crippen LogP contribution in [0.2, 0.25) is 0 Å². The van der Waals surface area contributed by atoms with Crippen LogP contribution in [0.3, 0.4) is 0 Å². The summed E-state index contributed by atoms with van der Waals surface area (Å²) in [6.45, 7) is 2.12. The minimum absolute atomic E-state index is 0.468. The van der Waals surface area contributed by atoms with Gasteiger partial charge < -0.3 is 4.74 Å². The van der Waals surface area contributed by atoms with Crippen LogP contribution in [0.4, 0.5) is 0 Å². The second kappa shape index (κ2) is 5.63. The highest BCUT2D eigenvalue weighted by Gasteiger charge is 2.14. The summed E-state index contributed by atoms with van der Waals surface area (Å²) >= 11 is 3.41. The minimum Gasteiger partial charge on any atom is -0.484 e. The molecule has 1 nitrogen and oxygen atoms in total. The van der Waals surface area contributed by atoms with E-state index in [9.17, 15) is 0 Å². The van der Waals surface area contributed by atoms with Crippen molar-refractivity contribution in [3.63, 3.8) is 0 Å². The number of hydrogen-bond donors (Lipinski definition) is 0. The Balaban J connectivity index is 2.24. The van der Waals surface area contributed by atoms with Crippen molar-refractivity contribution in [3.8, 4) is 0 Å². The molecule has 0 bridgehead atoms. The molecule has 0 unspecified atom stereocenters. The summed E-state index contributed by atoms with van der Waals surface area (Å²) in [5.74, 6) is 0. The lowest BCUT2D eigenvalue weighted by Crippen LogP contribution is -2.14. The molecule has 0 atom stereocenters. The second-order valence-corrected chi connectivity index (χ2v) is 4.08. The van der Waals surface area contributed by atoms with Gasteiger partial charge in [-0.25, -0.2) is 0 Å². The highest BCUT2D eigenvalue weighted by molar-refractivity contribution is 9.11. The lowest BCUT2D eigenvalue weighted by molar-refractivity contribution is 0.100. The van der Waals surface area contributed by atoms with E-state index in [1.165, 1.54) is 32.1 Å². The predicted octanol–water partition coefficient (Wildman–Crippen LogP) is 3.98. The molecule has 0 N–H and O–H groups in total. The highest BCUT2D eigenvalue weighted by atomic mass is 79.9. The molecule has 0 aliphatic heterocycles. The maximum absolute atomic E-state index is 5.71. The third-order valence-electron chi connectivity index (χ3n) is 2.20. The van der Waals surface area contributed by atoms with Crippen molar-refractivity contribution in [2.45, 2.75) is 51.6 Å². The van der Waals surface area contributed by atoms with Crippen LogP contribution in [0.25, 0.3) is 0 Å². The van der Waals surface area contributed by atoms with Gasteiger partial charge >= 0.3 is 0 Å². The topological polar surface area (TPSA) is 9.23 Å². The van der Waals surface area contributed by atoms with E-state index in [0.29, 0.717) is 6.10 Å². The number of hydrogen-bond acceptors (Lipinski definition) is 1. The first-order valence-electron chi connectivity index (χ1n) is 4.85. The normalized spacial score (nSPS) is 21.0. The van der Waals surface area contributed by atoms with Crippen LogP contribution in [0.15, 0.2) is 10.7 Å². The van der Waals surface area contributed by atoms with Crippen LogP contribution >= 0.6 is 15.9 Å². The van der Waals surface area contributed by atoms with Gasteiger partial charge in [0.05, 0.1) is 6.10 Å². The van der Waals surface area contributed by atoms with Gasteiger partial charge in [0.1, 0.15) is 0 Å². The lowest BCUT2D eigenvalue weighted by atomic mass is 9.98. The number of halogens is 1. The van der Waals surface area contributed by atoms with Crippen LogP contribution in [0.5, 0.6) is 0 Å². The zero-order valence-corrected chi connectivity index (χ0v) is 9.27. The van der Waals surface area contributed by atoms with Gasteiger partial charge in [0.15, 0.2) is 4.67 Å². The molecule has 0 aromatic heterocycles. The summed E-state index contributed by atoms with van der Waals surface area (Å²) < 4.78 is 6.64. The summed E-state index contributed by atoms with van der Waals surface area (Å²) in [7, 11) is 0.